The van der Waals surface area contributed by atoms with Gasteiger partial charge in [0, 0.05) is 26.7 Å². The summed E-state index contributed by atoms with van der Waals surface area (Å²) in [5, 5.41) is 12.8. The van der Waals surface area contributed by atoms with E-state index in [1.165, 1.54) is 0 Å². The molecule has 0 spiro atoms. The van der Waals surface area contributed by atoms with Gasteiger partial charge in [-0.15, -0.1) is 0 Å². The number of likely N-dealkylation sites (N-methyl/N-ethyl adjacent to an activating group) is 1. The van der Waals surface area contributed by atoms with Gasteiger partial charge in [-0.1, -0.05) is 0 Å². The van der Waals surface area contributed by atoms with Crippen LogP contribution in [0.25, 0.3) is 0 Å². The molecule has 0 aromatic rings. The Morgan fingerprint density at radius 2 is 1.95 bits per heavy atom. The second-order valence-electron chi connectivity index (χ2n) is 4.87. The van der Waals surface area contributed by atoms with Crippen molar-refractivity contribution in [2.75, 3.05) is 67.3 Å². The lowest BCUT2D eigenvalue weighted by molar-refractivity contribution is -0.0313. The van der Waals surface area contributed by atoms with E-state index in [-0.39, 0.29) is 6.10 Å². The number of nitrogens with one attached hydrogen (secondary N) is 1. The zero-order chi connectivity index (χ0) is 14.5. The van der Waals surface area contributed by atoms with Gasteiger partial charge in [0.15, 0.2) is 0 Å². The van der Waals surface area contributed by atoms with Crippen molar-refractivity contribution in [3.63, 3.8) is 0 Å². The van der Waals surface area contributed by atoms with Gasteiger partial charge in [0.2, 0.25) is 0 Å². The Kier molecular flexibility index (Phi) is 12.6. The SMILES string of the molecule is COCC(C)OCC(O)CNCCOCCN(C)C. The molecule has 0 fully saturated rings. The van der Waals surface area contributed by atoms with Crippen molar-refractivity contribution in [3.05, 3.63) is 0 Å². The lowest BCUT2D eigenvalue weighted by Gasteiger charge is -2.16. The fraction of sp³-hybridized carbons (Fsp3) is 1.00. The summed E-state index contributed by atoms with van der Waals surface area (Å²) in [6.07, 6.45) is -0.491. The second kappa shape index (κ2) is 12.8. The molecule has 0 aliphatic carbocycles. The van der Waals surface area contributed by atoms with Gasteiger partial charge < -0.3 is 29.5 Å². The number of hydrogen-bond acceptors (Lipinski definition) is 6. The Labute approximate surface area is 117 Å². The zero-order valence-electron chi connectivity index (χ0n) is 12.7. The van der Waals surface area contributed by atoms with Crippen LogP contribution in [0.5, 0.6) is 0 Å². The number of rotatable bonds is 13. The quantitative estimate of drug-likeness (QED) is 0.446. The van der Waals surface area contributed by atoms with Crippen LogP contribution < -0.4 is 5.32 Å². The first-order chi connectivity index (χ1) is 9.06. The van der Waals surface area contributed by atoms with Crippen molar-refractivity contribution in [2.24, 2.45) is 0 Å². The highest BCUT2D eigenvalue weighted by molar-refractivity contribution is 4.59. The third-order valence-corrected chi connectivity index (χ3v) is 2.46. The maximum absolute atomic E-state index is 9.67. The molecule has 0 aromatic heterocycles. The molecule has 0 heterocycles. The van der Waals surface area contributed by atoms with Crippen molar-refractivity contribution < 1.29 is 19.3 Å². The Hall–Kier alpha value is -0.240. The lowest BCUT2D eigenvalue weighted by atomic mass is 10.3. The van der Waals surface area contributed by atoms with E-state index in [1.54, 1.807) is 7.11 Å². The van der Waals surface area contributed by atoms with Gasteiger partial charge in [0.1, 0.15) is 0 Å². The van der Waals surface area contributed by atoms with Crippen LogP contribution in [0.3, 0.4) is 0 Å². The summed E-state index contributed by atoms with van der Waals surface area (Å²) in [6, 6.07) is 0. The van der Waals surface area contributed by atoms with Crippen LogP contribution in [0.15, 0.2) is 0 Å². The number of methoxy groups -OCH3 is 1. The summed E-state index contributed by atoms with van der Waals surface area (Å²) in [5.41, 5.74) is 0. The van der Waals surface area contributed by atoms with Gasteiger partial charge in [0.25, 0.3) is 0 Å². The van der Waals surface area contributed by atoms with Crippen LogP contribution in [-0.4, -0.2) is 89.5 Å². The minimum atomic E-state index is -0.499. The highest BCUT2D eigenvalue weighted by atomic mass is 16.5. The van der Waals surface area contributed by atoms with Crippen LogP contribution in [0.1, 0.15) is 6.92 Å². The van der Waals surface area contributed by atoms with Gasteiger partial charge in [-0.25, -0.2) is 0 Å². The van der Waals surface area contributed by atoms with Crippen molar-refractivity contribution in [3.8, 4) is 0 Å². The molecule has 0 aromatic carbocycles. The van der Waals surface area contributed by atoms with E-state index in [0.717, 1.165) is 19.7 Å². The average Bonchev–Trinajstić information content (AvgIpc) is 2.35. The summed E-state index contributed by atoms with van der Waals surface area (Å²) >= 11 is 0. The molecule has 2 unspecified atom stereocenters. The minimum absolute atomic E-state index is 0.00835. The molecule has 0 bridgehead atoms. The molecule has 116 valence electrons. The summed E-state index contributed by atoms with van der Waals surface area (Å²) < 4.78 is 15.8. The monoisotopic (exact) mass is 278 g/mol. The van der Waals surface area contributed by atoms with Gasteiger partial charge in [-0.2, -0.15) is 0 Å². The molecule has 0 aliphatic heterocycles. The standard InChI is InChI=1S/C13H30N2O4/c1-12(10-17-4)19-11-13(16)9-14-5-7-18-8-6-15(2)3/h12-14,16H,5-11H2,1-4H3. The van der Waals surface area contributed by atoms with E-state index in [1.807, 2.05) is 21.0 Å². The maximum Gasteiger partial charge on any atom is 0.0897 e. The summed E-state index contributed by atoms with van der Waals surface area (Å²) in [6.45, 7) is 6.33. The van der Waals surface area contributed by atoms with E-state index in [0.29, 0.717) is 26.4 Å². The average molecular weight is 278 g/mol. The van der Waals surface area contributed by atoms with Crippen molar-refractivity contribution in [2.45, 2.75) is 19.1 Å². The molecule has 0 rings (SSSR count). The number of aliphatic hydroxyl groups excluding tert-OH is 1. The van der Waals surface area contributed by atoms with E-state index in [2.05, 4.69) is 10.2 Å². The smallest absolute Gasteiger partial charge is 0.0897 e. The molecule has 6 heteroatoms. The van der Waals surface area contributed by atoms with Crippen molar-refractivity contribution in [1.82, 2.24) is 10.2 Å². The second-order valence-corrected chi connectivity index (χ2v) is 4.87. The third kappa shape index (κ3) is 14.0. The Morgan fingerprint density at radius 3 is 2.58 bits per heavy atom. The molecule has 2 N–H and O–H groups in total. The van der Waals surface area contributed by atoms with E-state index in [9.17, 15) is 5.11 Å². The molecule has 0 saturated heterocycles. The van der Waals surface area contributed by atoms with Gasteiger partial charge in [0.05, 0.1) is 38.6 Å². The van der Waals surface area contributed by atoms with Gasteiger partial charge in [-0.3, -0.25) is 0 Å². The topological polar surface area (TPSA) is 63.2 Å². The molecule has 2 atom stereocenters. The highest BCUT2D eigenvalue weighted by Gasteiger charge is 2.07. The van der Waals surface area contributed by atoms with Crippen LogP contribution in [0.2, 0.25) is 0 Å². The minimum Gasteiger partial charge on any atom is -0.389 e. The third-order valence-electron chi connectivity index (χ3n) is 2.46. The van der Waals surface area contributed by atoms with Crippen LogP contribution >= 0.6 is 0 Å². The molecular weight excluding hydrogens is 248 g/mol. The molecule has 6 nitrogen and oxygen atoms in total. The first kappa shape index (κ1) is 18.8. The Bertz CT molecular complexity index is 193. The number of aliphatic hydroxyl groups is 1. The van der Waals surface area contributed by atoms with E-state index >= 15 is 0 Å². The normalized spacial score (nSPS) is 14.8. The largest absolute Gasteiger partial charge is 0.389 e. The number of hydrogen-bond donors (Lipinski definition) is 2. The highest BCUT2D eigenvalue weighted by Crippen LogP contribution is 1.93. The van der Waals surface area contributed by atoms with Crippen molar-refractivity contribution in [1.29, 1.82) is 0 Å². The number of nitrogens with zero attached hydrogens (tertiary/aromatic N) is 1. The number of ether oxygens (including phenoxy) is 3. The zero-order valence-corrected chi connectivity index (χ0v) is 12.7. The first-order valence-corrected chi connectivity index (χ1v) is 6.78. The molecular formula is C13H30N2O4. The fourth-order valence-corrected chi connectivity index (χ4v) is 1.38. The van der Waals surface area contributed by atoms with Crippen LogP contribution in [-0.2, 0) is 14.2 Å². The van der Waals surface area contributed by atoms with E-state index in [4.69, 9.17) is 14.2 Å². The molecule has 0 aliphatic rings. The summed E-state index contributed by atoms with van der Waals surface area (Å²) in [4.78, 5) is 2.08. The molecule has 19 heavy (non-hydrogen) atoms. The predicted molar refractivity (Wildman–Crippen MR) is 75.5 cm³/mol. The molecule has 0 amide bonds. The molecule has 0 saturated carbocycles. The summed E-state index contributed by atoms with van der Waals surface area (Å²) in [5.74, 6) is 0. The van der Waals surface area contributed by atoms with Crippen LogP contribution in [0, 0.1) is 0 Å². The van der Waals surface area contributed by atoms with E-state index < -0.39 is 6.10 Å². The predicted octanol–water partition coefficient (Wildman–Crippen LogP) is -0.433. The van der Waals surface area contributed by atoms with Crippen molar-refractivity contribution >= 4 is 0 Å². The Morgan fingerprint density at radius 1 is 1.21 bits per heavy atom. The van der Waals surface area contributed by atoms with Crippen LogP contribution in [0.4, 0.5) is 0 Å². The lowest BCUT2D eigenvalue weighted by Crippen LogP contribution is -2.34. The summed E-state index contributed by atoms with van der Waals surface area (Å²) in [7, 11) is 5.67. The Balaban J connectivity index is 3.26. The molecule has 0 radical (unpaired) electrons. The van der Waals surface area contributed by atoms with Gasteiger partial charge >= 0.3 is 0 Å². The fourth-order valence-electron chi connectivity index (χ4n) is 1.38. The van der Waals surface area contributed by atoms with Gasteiger partial charge in [-0.05, 0) is 21.0 Å². The first-order valence-electron chi connectivity index (χ1n) is 6.78. The maximum atomic E-state index is 9.67.